The summed E-state index contributed by atoms with van der Waals surface area (Å²) in [5, 5.41) is 2.80. The van der Waals surface area contributed by atoms with Gasteiger partial charge in [-0.3, -0.25) is 4.79 Å². The first-order valence-corrected chi connectivity index (χ1v) is 8.63. The predicted octanol–water partition coefficient (Wildman–Crippen LogP) is 4.82. The lowest BCUT2D eigenvalue weighted by atomic mass is 10.0. The lowest BCUT2D eigenvalue weighted by Crippen LogP contribution is -2.12. The SMILES string of the molecule is COC(=O)c1nc(-c2ccc(Cl)c(C3CC3)c2F)cc(NC(C)=O)c1Cl. The number of benzene rings is 1. The summed E-state index contributed by atoms with van der Waals surface area (Å²) in [5.41, 5.74) is 0.700. The molecule has 1 aromatic carbocycles. The van der Waals surface area contributed by atoms with Crippen LogP contribution in [0.5, 0.6) is 0 Å². The third-order valence-electron chi connectivity index (χ3n) is 4.04. The van der Waals surface area contributed by atoms with Gasteiger partial charge < -0.3 is 10.1 Å². The molecule has 1 aromatic heterocycles. The average Bonchev–Trinajstić information content (AvgIpc) is 3.41. The molecule has 0 bridgehead atoms. The third-order valence-corrected chi connectivity index (χ3v) is 4.75. The van der Waals surface area contributed by atoms with E-state index in [0.717, 1.165) is 12.8 Å². The molecule has 26 heavy (non-hydrogen) atoms. The highest BCUT2D eigenvalue weighted by atomic mass is 35.5. The van der Waals surface area contributed by atoms with Gasteiger partial charge in [0.05, 0.1) is 23.5 Å². The number of nitrogens with one attached hydrogen (secondary N) is 1. The van der Waals surface area contributed by atoms with Gasteiger partial charge in [0.1, 0.15) is 5.82 Å². The molecular weight excluding hydrogens is 382 g/mol. The van der Waals surface area contributed by atoms with Crippen LogP contribution in [0.25, 0.3) is 11.3 Å². The molecule has 0 radical (unpaired) electrons. The fourth-order valence-electron chi connectivity index (χ4n) is 2.69. The summed E-state index contributed by atoms with van der Waals surface area (Å²) in [5.74, 6) is -1.58. The van der Waals surface area contributed by atoms with Gasteiger partial charge in [0.25, 0.3) is 0 Å². The van der Waals surface area contributed by atoms with Crippen molar-refractivity contribution in [2.45, 2.75) is 25.7 Å². The number of nitrogens with zero attached hydrogens (tertiary/aromatic N) is 1. The van der Waals surface area contributed by atoms with Crippen LogP contribution in [-0.2, 0) is 9.53 Å². The van der Waals surface area contributed by atoms with E-state index >= 15 is 4.39 Å². The van der Waals surface area contributed by atoms with Gasteiger partial charge in [-0.2, -0.15) is 0 Å². The lowest BCUT2D eigenvalue weighted by molar-refractivity contribution is -0.114. The standard InChI is InChI=1S/C18H15Cl2FN2O3/c1-8(24)22-13-7-12(23-17(15(13)20)18(25)26-2)10-5-6-11(19)14(16(10)21)9-3-4-9/h5-7,9H,3-4H2,1-2H3,(H,22,23,24). The molecule has 1 saturated carbocycles. The van der Waals surface area contributed by atoms with E-state index in [1.165, 1.54) is 26.2 Å². The van der Waals surface area contributed by atoms with E-state index < -0.39 is 17.7 Å². The minimum Gasteiger partial charge on any atom is -0.464 e. The van der Waals surface area contributed by atoms with E-state index in [-0.39, 0.29) is 33.6 Å². The average molecular weight is 397 g/mol. The van der Waals surface area contributed by atoms with Gasteiger partial charge in [-0.05, 0) is 37.0 Å². The number of ether oxygens (including phenoxy) is 1. The number of hydrogen-bond acceptors (Lipinski definition) is 4. The molecule has 1 aliphatic rings. The Hall–Kier alpha value is -2.18. The van der Waals surface area contributed by atoms with Crippen molar-refractivity contribution in [3.63, 3.8) is 0 Å². The van der Waals surface area contributed by atoms with Crippen LogP contribution in [0.2, 0.25) is 10.0 Å². The van der Waals surface area contributed by atoms with Crippen LogP contribution >= 0.6 is 23.2 Å². The molecular formula is C18H15Cl2FN2O3. The van der Waals surface area contributed by atoms with E-state index in [0.29, 0.717) is 10.6 Å². The number of halogens is 3. The number of anilines is 1. The highest BCUT2D eigenvalue weighted by Crippen LogP contribution is 2.46. The maximum Gasteiger partial charge on any atom is 0.358 e. The first-order valence-electron chi connectivity index (χ1n) is 7.88. The Balaban J connectivity index is 2.20. The fourth-order valence-corrected chi connectivity index (χ4v) is 3.21. The van der Waals surface area contributed by atoms with Gasteiger partial charge in [0.2, 0.25) is 5.91 Å². The van der Waals surface area contributed by atoms with Crippen LogP contribution in [0.4, 0.5) is 10.1 Å². The number of pyridine rings is 1. The van der Waals surface area contributed by atoms with E-state index in [1.54, 1.807) is 6.07 Å². The Bertz CT molecular complexity index is 914. The second-order valence-electron chi connectivity index (χ2n) is 5.99. The molecule has 0 atom stereocenters. The summed E-state index contributed by atoms with van der Waals surface area (Å²) in [6, 6.07) is 4.50. The fraction of sp³-hybridized carbons (Fsp3) is 0.278. The Labute approximate surface area is 159 Å². The van der Waals surface area contributed by atoms with E-state index in [9.17, 15) is 9.59 Å². The van der Waals surface area contributed by atoms with Crippen molar-refractivity contribution in [2.24, 2.45) is 0 Å². The molecule has 1 amide bonds. The summed E-state index contributed by atoms with van der Waals surface area (Å²) < 4.78 is 19.7. The molecule has 5 nitrogen and oxygen atoms in total. The highest BCUT2D eigenvalue weighted by Gasteiger charge is 2.31. The van der Waals surface area contributed by atoms with Crippen LogP contribution in [0.3, 0.4) is 0 Å². The van der Waals surface area contributed by atoms with Gasteiger partial charge in [-0.1, -0.05) is 23.2 Å². The zero-order valence-electron chi connectivity index (χ0n) is 14.0. The van der Waals surface area contributed by atoms with Crippen LogP contribution in [0.1, 0.15) is 41.7 Å². The van der Waals surface area contributed by atoms with E-state index in [1.807, 2.05) is 0 Å². The molecule has 8 heteroatoms. The van der Waals surface area contributed by atoms with Gasteiger partial charge >= 0.3 is 5.97 Å². The minimum absolute atomic E-state index is 0.0763. The monoisotopic (exact) mass is 396 g/mol. The molecule has 3 rings (SSSR count). The number of amides is 1. The van der Waals surface area contributed by atoms with Crippen molar-refractivity contribution in [2.75, 3.05) is 12.4 Å². The van der Waals surface area contributed by atoms with Gasteiger partial charge in [0, 0.05) is 23.1 Å². The van der Waals surface area contributed by atoms with Crippen LogP contribution in [0.15, 0.2) is 18.2 Å². The predicted molar refractivity (Wildman–Crippen MR) is 97.3 cm³/mol. The Morgan fingerprint density at radius 2 is 2.00 bits per heavy atom. The molecule has 1 N–H and O–H groups in total. The number of methoxy groups -OCH3 is 1. The van der Waals surface area contributed by atoms with Crippen molar-refractivity contribution in [3.05, 3.63) is 45.3 Å². The first-order chi connectivity index (χ1) is 12.3. The lowest BCUT2D eigenvalue weighted by Gasteiger charge is -2.14. The number of carbonyl (C=O) groups excluding carboxylic acids is 2. The summed E-state index contributed by atoms with van der Waals surface area (Å²) in [7, 11) is 1.18. The van der Waals surface area contributed by atoms with E-state index in [4.69, 9.17) is 23.2 Å². The Morgan fingerprint density at radius 1 is 1.31 bits per heavy atom. The quantitative estimate of drug-likeness (QED) is 0.752. The second-order valence-corrected chi connectivity index (χ2v) is 6.77. The summed E-state index contributed by atoms with van der Waals surface area (Å²) in [6.07, 6.45) is 1.75. The van der Waals surface area contributed by atoms with E-state index in [2.05, 4.69) is 15.0 Å². The zero-order valence-corrected chi connectivity index (χ0v) is 15.5. The van der Waals surface area contributed by atoms with Crippen molar-refractivity contribution in [3.8, 4) is 11.3 Å². The molecule has 2 aromatic rings. The van der Waals surface area contributed by atoms with Crippen molar-refractivity contribution < 1.29 is 18.7 Å². The van der Waals surface area contributed by atoms with Gasteiger partial charge in [-0.15, -0.1) is 0 Å². The smallest absolute Gasteiger partial charge is 0.358 e. The number of hydrogen-bond donors (Lipinski definition) is 1. The van der Waals surface area contributed by atoms with Gasteiger partial charge in [0.15, 0.2) is 5.69 Å². The minimum atomic E-state index is -0.791. The number of rotatable bonds is 4. The molecule has 0 unspecified atom stereocenters. The molecule has 1 fully saturated rings. The molecule has 0 spiro atoms. The maximum atomic E-state index is 15.1. The molecule has 0 aliphatic heterocycles. The number of esters is 1. The number of aromatic nitrogens is 1. The maximum absolute atomic E-state index is 15.1. The largest absolute Gasteiger partial charge is 0.464 e. The summed E-state index contributed by atoms with van der Waals surface area (Å²) in [6.45, 7) is 1.29. The van der Waals surface area contributed by atoms with Gasteiger partial charge in [-0.25, -0.2) is 14.2 Å². The Kier molecular flexibility index (Phi) is 5.16. The zero-order chi connectivity index (χ0) is 19.0. The topological polar surface area (TPSA) is 68.3 Å². The highest BCUT2D eigenvalue weighted by molar-refractivity contribution is 6.36. The van der Waals surface area contributed by atoms with Crippen LogP contribution in [-0.4, -0.2) is 24.0 Å². The molecule has 1 heterocycles. The normalized spacial score (nSPS) is 13.4. The molecule has 1 aliphatic carbocycles. The van der Waals surface area contributed by atoms with Crippen LogP contribution < -0.4 is 5.32 Å². The van der Waals surface area contributed by atoms with Crippen molar-refractivity contribution in [1.82, 2.24) is 4.98 Å². The molecule has 0 saturated heterocycles. The molecule has 136 valence electrons. The number of carbonyl (C=O) groups is 2. The first kappa shape index (κ1) is 18.6. The van der Waals surface area contributed by atoms with Crippen molar-refractivity contribution >= 4 is 40.8 Å². The second kappa shape index (κ2) is 7.21. The summed E-state index contributed by atoms with van der Waals surface area (Å²) >= 11 is 12.3. The summed E-state index contributed by atoms with van der Waals surface area (Å²) in [4.78, 5) is 27.6. The van der Waals surface area contributed by atoms with Crippen LogP contribution in [0, 0.1) is 5.82 Å². The van der Waals surface area contributed by atoms with Crippen molar-refractivity contribution in [1.29, 1.82) is 0 Å². The Morgan fingerprint density at radius 3 is 2.58 bits per heavy atom. The third kappa shape index (κ3) is 3.52.